The van der Waals surface area contributed by atoms with Gasteiger partial charge in [-0.05, 0) is 6.42 Å². The summed E-state index contributed by atoms with van der Waals surface area (Å²) in [7, 11) is 0. The number of β-amino-alcohol motifs (C(OH)–C–C–N with tert-alkyl or cyclic N) is 1. The summed E-state index contributed by atoms with van der Waals surface area (Å²) >= 11 is 0. The lowest BCUT2D eigenvalue weighted by molar-refractivity contribution is 0.166. The van der Waals surface area contributed by atoms with E-state index < -0.39 is 0 Å². The van der Waals surface area contributed by atoms with Gasteiger partial charge >= 0.3 is 6.03 Å². The highest BCUT2D eigenvalue weighted by molar-refractivity contribution is 5.74. The van der Waals surface area contributed by atoms with Gasteiger partial charge in [-0.15, -0.1) is 0 Å². The molecule has 1 aliphatic heterocycles. The van der Waals surface area contributed by atoms with Crippen LogP contribution < -0.4 is 5.32 Å². The summed E-state index contributed by atoms with van der Waals surface area (Å²) in [4.78, 5) is 12.5. The molecule has 0 radical (unpaired) electrons. The topological polar surface area (TPSA) is 52.6 Å². The number of rotatable bonds is 2. The average Bonchev–Trinajstić information content (AvgIpc) is 1.94. The third-order valence-corrected chi connectivity index (χ3v) is 1.54. The molecule has 1 rings (SSSR count). The van der Waals surface area contributed by atoms with Crippen LogP contribution in [0.5, 0.6) is 0 Å². The van der Waals surface area contributed by atoms with E-state index in [1.54, 1.807) is 4.90 Å². The van der Waals surface area contributed by atoms with Crippen LogP contribution in [0.25, 0.3) is 0 Å². The standard InChI is InChI=1S/C6H12N2O2/c9-5-4-8-3-1-2-7-6(8)10/h9H,1-5H2,(H,7,10). The molecular weight excluding hydrogens is 132 g/mol. The van der Waals surface area contributed by atoms with Gasteiger partial charge in [0.15, 0.2) is 0 Å². The van der Waals surface area contributed by atoms with Crippen LogP contribution in [0.1, 0.15) is 6.42 Å². The number of hydrogen-bond acceptors (Lipinski definition) is 2. The molecule has 1 heterocycles. The van der Waals surface area contributed by atoms with Gasteiger partial charge in [0.1, 0.15) is 0 Å². The van der Waals surface area contributed by atoms with Crippen LogP contribution in [0.2, 0.25) is 0 Å². The van der Waals surface area contributed by atoms with Crippen LogP contribution in [0, 0.1) is 0 Å². The van der Waals surface area contributed by atoms with Crippen molar-refractivity contribution < 1.29 is 9.90 Å². The fourth-order valence-electron chi connectivity index (χ4n) is 1.01. The van der Waals surface area contributed by atoms with E-state index in [1.165, 1.54) is 0 Å². The molecule has 4 nitrogen and oxygen atoms in total. The second-order valence-electron chi connectivity index (χ2n) is 2.30. The zero-order valence-corrected chi connectivity index (χ0v) is 5.84. The Morgan fingerprint density at radius 3 is 3.10 bits per heavy atom. The molecule has 2 amide bonds. The number of hydrogen-bond donors (Lipinski definition) is 2. The minimum Gasteiger partial charge on any atom is -0.395 e. The van der Waals surface area contributed by atoms with E-state index in [0.29, 0.717) is 6.54 Å². The second kappa shape index (κ2) is 3.41. The van der Waals surface area contributed by atoms with Crippen molar-refractivity contribution in [1.82, 2.24) is 10.2 Å². The Kier molecular flexibility index (Phi) is 2.50. The monoisotopic (exact) mass is 144 g/mol. The predicted molar refractivity (Wildman–Crippen MR) is 36.7 cm³/mol. The van der Waals surface area contributed by atoms with Gasteiger partial charge < -0.3 is 15.3 Å². The van der Waals surface area contributed by atoms with Crippen LogP contribution in [0.3, 0.4) is 0 Å². The molecule has 0 atom stereocenters. The third kappa shape index (κ3) is 1.60. The lowest BCUT2D eigenvalue weighted by Gasteiger charge is -2.26. The predicted octanol–water partition coefficient (Wildman–Crippen LogP) is -0.606. The van der Waals surface area contributed by atoms with Gasteiger partial charge in [0, 0.05) is 19.6 Å². The fraction of sp³-hybridized carbons (Fsp3) is 0.833. The lowest BCUT2D eigenvalue weighted by atomic mass is 10.3. The van der Waals surface area contributed by atoms with E-state index in [9.17, 15) is 4.79 Å². The van der Waals surface area contributed by atoms with Crippen molar-refractivity contribution in [3.63, 3.8) is 0 Å². The number of nitrogens with zero attached hydrogens (tertiary/aromatic N) is 1. The largest absolute Gasteiger partial charge is 0.395 e. The van der Waals surface area contributed by atoms with Crippen molar-refractivity contribution in [2.45, 2.75) is 6.42 Å². The maximum absolute atomic E-state index is 10.9. The number of aliphatic hydroxyl groups excluding tert-OH is 1. The van der Waals surface area contributed by atoms with E-state index in [1.807, 2.05) is 0 Å². The second-order valence-corrected chi connectivity index (χ2v) is 2.30. The molecule has 0 bridgehead atoms. The van der Waals surface area contributed by atoms with E-state index in [0.717, 1.165) is 19.5 Å². The molecule has 1 aliphatic rings. The van der Waals surface area contributed by atoms with Crippen molar-refractivity contribution in [3.8, 4) is 0 Å². The highest BCUT2D eigenvalue weighted by Crippen LogP contribution is 1.96. The summed E-state index contributed by atoms with van der Waals surface area (Å²) in [5.41, 5.74) is 0. The van der Waals surface area contributed by atoms with Crippen molar-refractivity contribution >= 4 is 6.03 Å². The van der Waals surface area contributed by atoms with Crippen molar-refractivity contribution in [3.05, 3.63) is 0 Å². The Balaban J connectivity index is 2.32. The summed E-state index contributed by atoms with van der Waals surface area (Å²) in [6.07, 6.45) is 0.978. The number of carbonyl (C=O) groups is 1. The summed E-state index contributed by atoms with van der Waals surface area (Å²) in [6, 6.07) is -0.0553. The molecular formula is C6H12N2O2. The Morgan fingerprint density at radius 1 is 1.70 bits per heavy atom. The Hall–Kier alpha value is -0.770. The van der Waals surface area contributed by atoms with E-state index in [2.05, 4.69) is 5.32 Å². The molecule has 0 aromatic heterocycles. The van der Waals surface area contributed by atoms with Crippen LogP contribution in [0.15, 0.2) is 0 Å². The van der Waals surface area contributed by atoms with E-state index >= 15 is 0 Å². The molecule has 0 spiro atoms. The van der Waals surface area contributed by atoms with Crippen molar-refractivity contribution in [2.75, 3.05) is 26.2 Å². The molecule has 2 N–H and O–H groups in total. The highest BCUT2D eigenvalue weighted by Gasteiger charge is 2.15. The normalized spacial score (nSPS) is 18.9. The van der Waals surface area contributed by atoms with Gasteiger partial charge in [0.25, 0.3) is 0 Å². The molecule has 1 saturated heterocycles. The maximum atomic E-state index is 10.9. The number of aliphatic hydroxyl groups is 1. The van der Waals surface area contributed by atoms with Crippen molar-refractivity contribution in [1.29, 1.82) is 0 Å². The van der Waals surface area contributed by atoms with Gasteiger partial charge in [-0.3, -0.25) is 0 Å². The average molecular weight is 144 g/mol. The zero-order valence-electron chi connectivity index (χ0n) is 5.84. The summed E-state index contributed by atoms with van der Waals surface area (Å²) in [6.45, 7) is 2.03. The molecule has 1 fully saturated rings. The van der Waals surface area contributed by atoms with Crippen LogP contribution in [0.4, 0.5) is 4.79 Å². The van der Waals surface area contributed by atoms with E-state index in [4.69, 9.17) is 5.11 Å². The number of nitrogens with one attached hydrogen (secondary N) is 1. The molecule has 0 aromatic carbocycles. The van der Waals surface area contributed by atoms with Gasteiger partial charge in [0.2, 0.25) is 0 Å². The first-order valence-electron chi connectivity index (χ1n) is 3.48. The zero-order chi connectivity index (χ0) is 7.40. The van der Waals surface area contributed by atoms with Crippen molar-refractivity contribution in [2.24, 2.45) is 0 Å². The Bertz CT molecular complexity index is 125. The summed E-state index contributed by atoms with van der Waals surface area (Å²) in [5, 5.41) is 11.2. The van der Waals surface area contributed by atoms with Crippen LogP contribution in [-0.2, 0) is 0 Å². The minimum absolute atomic E-state index is 0.0490. The molecule has 0 aliphatic carbocycles. The molecule has 58 valence electrons. The SMILES string of the molecule is O=C1NCCCN1CCO. The molecule has 0 unspecified atom stereocenters. The first-order valence-corrected chi connectivity index (χ1v) is 3.48. The minimum atomic E-state index is -0.0553. The Morgan fingerprint density at radius 2 is 2.50 bits per heavy atom. The van der Waals surface area contributed by atoms with Gasteiger partial charge in [0.05, 0.1) is 6.61 Å². The third-order valence-electron chi connectivity index (χ3n) is 1.54. The van der Waals surface area contributed by atoms with E-state index in [-0.39, 0.29) is 12.6 Å². The van der Waals surface area contributed by atoms with Gasteiger partial charge in [-0.2, -0.15) is 0 Å². The quantitative estimate of drug-likeness (QED) is 0.543. The number of urea groups is 1. The van der Waals surface area contributed by atoms with Gasteiger partial charge in [-0.25, -0.2) is 4.79 Å². The lowest BCUT2D eigenvalue weighted by Crippen LogP contribution is -2.47. The smallest absolute Gasteiger partial charge is 0.317 e. The Labute approximate surface area is 59.8 Å². The fourth-order valence-corrected chi connectivity index (χ4v) is 1.01. The van der Waals surface area contributed by atoms with Crippen LogP contribution in [-0.4, -0.2) is 42.3 Å². The first kappa shape index (κ1) is 7.34. The number of amides is 2. The first-order chi connectivity index (χ1) is 4.84. The molecule has 0 aromatic rings. The summed E-state index contributed by atoms with van der Waals surface area (Å²) in [5.74, 6) is 0. The summed E-state index contributed by atoms with van der Waals surface area (Å²) < 4.78 is 0. The molecule has 4 heteroatoms. The molecule has 10 heavy (non-hydrogen) atoms. The van der Waals surface area contributed by atoms with Crippen LogP contribution >= 0.6 is 0 Å². The molecule has 0 saturated carbocycles. The van der Waals surface area contributed by atoms with Gasteiger partial charge in [-0.1, -0.05) is 0 Å². The maximum Gasteiger partial charge on any atom is 0.317 e. The highest BCUT2D eigenvalue weighted by atomic mass is 16.3. The number of carbonyl (C=O) groups excluding carboxylic acids is 1.